The van der Waals surface area contributed by atoms with Crippen molar-refractivity contribution in [2.75, 3.05) is 49.5 Å². The molecule has 162 valence electrons. The van der Waals surface area contributed by atoms with Gasteiger partial charge >= 0.3 is 6.18 Å². The van der Waals surface area contributed by atoms with Crippen molar-refractivity contribution in [3.63, 3.8) is 0 Å². The smallest absolute Gasteiger partial charge is 0.369 e. The monoisotopic (exact) mass is 483 g/mol. The number of alkyl halides is 3. The molecule has 1 saturated heterocycles. The fourth-order valence-corrected chi connectivity index (χ4v) is 3.74. The van der Waals surface area contributed by atoms with Gasteiger partial charge in [-0.1, -0.05) is 18.2 Å². The Morgan fingerprint density at radius 3 is 2.43 bits per heavy atom. The van der Waals surface area contributed by atoms with Crippen LogP contribution in [0.5, 0.6) is 0 Å². The van der Waals surface area contributed by atoms with Crippen LogP contribution in [0.25, 0.3) is 11.0 Å². The third kappa shape index (κ3) is 4.89. The van der Waals surface area contributed by atoms with E-state index in [1.54, 1.807) is 6.07 Å². The molecule has 0 bridgehead atoms. The number of aryl methyl sites for hydroxylation is 1. The molecule has 0 radical (unpaired) electrons. The summed E-state index contributed by atoms with van der Waals surface area (Å²) >= 11 is 0. The van der Waals surface area contributed by atoms with Crippen LogP contribution >= 0.6 is 17.0 Å². The average molecular weight is 484 g/mol. The maximum atomic E-state index is 12.9. The number of nitrogens with one attached hydrogen (secondary N) is 1. The fourth-order valence-electron chi connectivity index (χ4n) is 3.74. The van der Waals surface area contributed by atoms with Crippen LogP contribution in [-0.2, 0) is 13.2 Å². The number of para-hydroxylation sites is 2. The Kier molecular flexibility index (Phi) is 6.92. The van der Waals surface area contributed by atoms with Crippen LogP contribution in [0.2, 0.25) is 0 Å². The lowest BCUT2D eigenvalue weighted by Gasteiger charge is -2.36. The molecule has 30 heavy (non-hydrogen) atoms. The van der Waals surface area contributed by atoms with Crippen LogP contribution in [0.15, 0.2) is 48.5 Å². The number of imidazole rings is 1. The van der Waals surface area contributed by atoms with E-state index in [4.69, 9.17) is 0 Å². The minimum Gasteiger partial charge on any atom is -0.369 e. The van der Waals surface area contributed by atoms with Crippen LogP contribution in [0.3, 0.4) is 0 Å². The molecule has 2 heterocycles. The number of nitrogens with zero attached hydrogens (tertiary/aromatic N) is 4. The van der Waals surface area contributed by atoms with Crippen molar-refractivity contribution in [1.29, 1.82) is 0 Å². The van der Waals surface area contributed by atoms with Gasteiger partial charge in [0.25, 0.3) is 0 Å². The largest absolute Gasteiger partial charge is 0.416 e. The van der Waals surface area contributed by atoms with E-state index in [1.807, 2.05) is 40.8 Å². The van der Waals surface area contributed by atoms with Gasteiger partial charge in [-0.05, 0) is 30.3 Å². The van der Waals surface area contributed by atoms with Crippen molar-refractivity contribution >= 4 is 39.7 Å². The van der Waals surface area contributed by atoms with Gasteiger partial charge in [-0.3, -0.25) is 4.90 Å². The molecule has 3 aromatic rings. The zero-order chi connectivity index (χ0) is 20.4. The number of anilines is 2. The zero-order valence-electron chi connectivity index (χ0n) is 16.7. The molecular weight excluding hydrogens is 459 g/mol. The maximum absolute atomic E-state index is 12.9. The molecule has 4 rings (SSSR count). The Hall–Kier alpha value is -2.26. The predicted octanol–water partition coefficient (Wildman–Crippen LogP) is 4.40. The summed E-state index contributed by atoms with van der Waals surface area (Å²) in [6.45, 7) is 4.70. The third-order valence-corrected chi connectivity index (χ3v) is 5.41. The predicted molar refractivity (Wildman–Crippen MR) is 120 cm³/mol. The molecule has 0 unspecified atom stereocenters. The molecule has 0 saturated carbocycles. The van der Waals surface area contributed by atoms with Crippen LogP contribution in [0, 0.1) is 0 Å². The Labute approximate surface area is 184 Å². The third-order valence-electron chi connectivity index (χ3n) is 5.41. The summed E-state index contributed by atoms with van der Waals surface area (Å²) in [6, 6.07) is 13.6. The fraction of sp³-hybridized carbons (Fsp3) is 0.381. The SMILES string of the molecule is Br.Cn1c(NCCN2CCN(c3cccc(C(F)(F)F)c3)CC2)nc2ccccc21. The normalized spacial score (nSPS) is 15.3. The van der Waals surface area contributed by atoms with Gasteiger partial charge in [0.1, 0.15) is 0 Å². The van der Waals surface area contributed by atoms with Crippen LogP contribution < -0.4 is 10.2 Å². The molecule has 2 aromatic carbocycles. The van der Waals surface area contributed by atoms with Crippen molar-refractivity contribution in [1.82, 2.24) is 14.5 Å². The number of piperazine rings is 1. The molecule has 5 nitrogen and oxygen atoms in total. The van der Waals surface area contributed by atoms with Crippen LogP contribution in [-0.4, -0.2) is 53.7 Å². The first kappa shape index (κ1) is 22.4. The quantitative estimate of drug-likeness (QED) is 0.583. The highest BCUT2D eigenvalue weighted by Crippen LogP contribution is 2.31. The van der Waals surface area contributed by atoms with Gasteiger partial charge in [0, 0.05) is 52.0 Å². The minimum absolute atomic E-state index is 0. The Bertz CT molecular complexity index is 980. The number of fused-ring (bicyclic) bond motifs is 1. The molecular formula is C21H25BrF3N5. The van der Waals surface area contributed by atoms with E-state index >= 15 is 0 Å². The molecule has 1 N–H and O–H groups in total. The Morgan fingerprint density at radius 1 is 1.00 bits per heavy atom. The van der Waals surface area contributed by atoms with E-state index in [9.17, 15) is 13.2 Å². The van der Waals surface area contributed by atoms with Gasteiger partial charge in [0.05, 0.1) is 16.6 Å². The number of hydrogen-bond donors (Lipinski definition) is 1. The summed E-state index contributed by atoms with van der Waals surface area (Å²) in [7, 11) is 1.99. The second kappa shape index (κ2) is 9.26. The number of benzene rings is 2. The number of halogens is 4. The van der Waals surface area contributed by atoms with Gasteiger partial charge in [-0.2, -0.15) is 13.2 Å². The van der Waals surface area contributed by atoms with Crippen molar-refractivity contribution < 1.29 is 13.2 Å². The molecule has 0 spiro atoms. The Morgan fingerprint density at radius 2 is 1.73 bits per heavy atom. The van der Waals surface area contributed by atoms with Gasteiger partial charge in [-0.15, -0.1) is 17.0 Å². The van der Waals surface area contributed by atoms with E-state index < -0.39 is 11.7 Å². The molecule has 1 aromatic heterocycles. The second-order valence-electron chi connectivity index (χ2n) is 7.29. The van der Waals surface area contributed by atoms with E-state index in [0.717, 1.165) is 49.2 Å². The lowest BCUT2D eigenvalue weighted by atomic mass is 10.1. The number of hydrogen-bond acceptors (Lipinski definition) is 4. The highest BCUT2D eigenvalue weighted by Gasteiger charge is 2.31. The molecule has 9 heteroatoms. The van der Waals surface area contributed by atoms with Crippen molar-refractivity contribution in [3.05, 3.63) is 54.1 Å². The maximum Gasteiger partial charge on any atom is 0.416 e. The molecule has 0 atom stereocenters. The van der Waals surface area contributed by atoms with Crippen LogP contribution in [0.4, 0.5) is 24.8 Å². The van der Waals surface area contributed by atoms with Gasteiger partial charge in [0.15, 0.2) is 0 Å². The lowest BCUT2D eigenvalue weighted by molar-refractivity contribution is -0.137. The number of aromatic nitrogens is 2. The summed E-state index contributed by atoms with van der Waals surface area (Å²) in [5, 5.41) is 3.39. The second-order valence-corrected chi connectivity index (χ2v) is 7.29. The molecule has 0 aliphatic carbocycles. The standard InChI is InChI=1S/C21H24F3N5.BrH/c1-27-19-8-3-2-7-18(19)26-20(27)25-9-10-28-11-13-29(14-12-28)17-6-4-5-16(15-17)21(22,23)24;/h2-8,15H,9-14H2,1H3,(H,25,26);1H. The van der Waals surface area contributed by atoms with Gasteiger partial charge < -0.3 is 14.8 Å². The Balaban J connectivity index is 0.00000256. The molecule has 1 fully saturated rings. The van der Waals surface area contributed by atoms with Crippen molar-refractivity contribution in [2.24, 2.45) is 7.05 Å². The summed E-state index contributed by atoms with van der Waals surface area (Å²) < 4.78 is 40.8. The first-order valence-corrected chi connectivity index (χ1v) is 9.72. The topological polar surface area (TPSA) is 36.3 Å². The highest BCUT2D eigenvalue weighted by molar-refractivity contribution is 8.93. The average Bonchev–Trinajstić information content (AvgIpc) is 3.04. The highest BCUT2D eigenvalue weighted by atomic mass is 79.9. The van der Waals surface area contributed by atoms with E-state index in [1.165, 1.54) is 12.1 Å². The molecule has 1 aliphatic rings. The van der Waals surface area contributed by atoms with E-state index in [-0.39, 0.29) is 17.0 Å². The summed E-state index contributed by atoms with van der Waals surface area (Å²) in [6.07, 6.45) is -4.31. The summed E-state index contributed by atoms with van der Waals surface area (Å²) in [5.41, 5.74) is 2.10. The first-order chi connectivity index (χ1) is 13.9. The number of rotatable bonds is 5. The van der Waals surface area contributed by atoms with E-state index in [0.29, 0.717) is 18.8 Å². The first-order valence-electron chi connectivity index (χ1n) is 9.72. The van der Waals surface area contributed by atoms with Crippen LogP contribution in [0.1, 0.15) is 5.56 Å². The molecule has 1 aliphatic heterocycles. The minimum atomic E-state index is -4.31. The zero-order valence-corrected chi connectivity index (χ0v) is 18.4. The van der Waals surface area contributed by atoms with Gasteiger partial charge in [-0.25, -0.2) is 4.98 Å². The van der Waals surface area contributed by atoms with Gasteiger partial charge in [0.2, 0.25) is 5.95 Å². The van der Waals surface area contributed by atoms with Crippen molar-refractivity contribution in [2.45, 2.75) is 6.18 Å². The summed E-state index contributed by atoms with van der Waals surface area (Å²) in [4.78, 5) is 8.95. The van der Waals surface area contributed by atoms with E-state index in [2.05, 4.69) is 15.2 Å². The van der Waals surface area contributed by atoms with Crippen molar-refractivity contribution in [3.8, 4) is 0 Å². The lowest BCUT2D eigenvalue weighted by Crippen LogP contribution is -2.47. The molecule has 0 amide bonds. The summed E-state index contributed by atoms with van der Waals surface area (Å²) in [5.74, 6) is 0.841.